The van der Waals surface area contributed by atoms with Gasteiger partial charge < -0.3 is 9.32 Å². The van der Waals surface area contributed by atoms with Crippen molar-refractivity contribution in [1.82, 2.24) is 14.7 Å². The third kappa shape index (κ3) is 2.80. The number of halogens is 1. The largest absolute Gasteiger partial charge is 0.457 e. The van der Waals surface area contributed by atoms with E-state index in [2.05, 4.69) is 21.0 Å². The number of aromatic nitrogens is 2. The number of carbonyl (C=O) groups is 1. The average molecular weight is 338 g/mol. The highest BCUT2D eigenvalue weighted by atomic mass is 79.9. The molecule has 6 heteroatoms. The fourth-order valence-electron chi connectivity index (χ4n) is 2.67. The molecule has 1 aliphatic heterocycles. The Hall–Kier alpha value is -1.56. The van der Waals surface area contributed by atoms with Crippen LogP contribution in [0.5, 0.6) is 0 Å². The maximum Gasteiger partial charge on any atom is 0.257 e. The summed E-state index contributed by atoms with van der Waals surface area (Å²) in [5.74, 6) is 0.0382. The minimum atomic E-state index is 0.0382. The quantitative estimate of drug-likeness (QED) is 0.865. The van der Waals surface area contributed by atoms with Gasteiger partial charge in [0.2, 0.25) is 0 Å². The first-order valence-electron chi connectivity index (χ1n) is 6.76. The Morgan fingerprint density at radius 1 is 1.50 bits per heavy atom. The summed E-state index contributed by atoms with van der Waals surface area (Å²) in [7, 11) is 0. The molecular formula is C14H16BrN3O2. The van der Waals surface area contributed by atoms with Crippen molar-refractivity contribution in [3.05, 3.63) is 41.0 Å². The Morgan fingerprint density at radius 2 is 2.40 bits per heavy atom. The van der Waals surface area contributed by atoms with E-state index in [4.69, 9.17) is 4.42 Å². The van der Waals surface area contributed by atoms with Crippen molar-refractivity contribution >= 4 is 21.8 Å². The highest BCUT2D eigenvalue weighted by Gasteiger charge is 2.28. The number of piperidine rings is 1. The van der Waals surface area contributed by atoms with E-state index < -0.39 is 0 Å². The Kier molecular flexibility index (Phi) is 3.91. The Morgan fingerprint density at radius 3 is 3.10 bits per heavy atom. The normalized spacial score (nSPS) is 19.2. The SMILES string of the molecule is O=C(c1coc(Br)c1)N1CCCC[C@H]1Cn1cccn1. The number of amides is 1. The number of hydrogen-bond donors (Lipinski definition) is 0. The smallest absolute Gasteiger partial charge is 0.257 e. The van der Waals surface area contributed by atoms with Gasteiger partial charge in [0.25, 0.3) is 5.91 Å². The third-order valence-electron chi connectivity index (χ3n) is 3.66. The van der Waals surface area contributed by atoms with E-state index in [0.717, 1.165) is 32.4 Å². The zero-order valence-corrected chi connectivity index (χ0v) is 12.6. The number of hydrogen-bond acceptors (Lipinski definition) is 3. The fourth-order valence-corrected chi connectivity index (χ4v) is 3.01. The molecule has 1 fully saturated rings. The van der Waals surface area contributed by atoms with Crippen molar-refractivity contribution in [2.24, 2.45) is 0 Å². The lowest BCUT2D eigenvalue weighted by Crippen LogP contribution is -2.45. The predicted octanol–water partition coefficient (Wildman–Crippen LogP) is 2.93. The van der Waals surface area contributed by atoms with Gasteiger partial charge in [0, 0.05) is 25.0 Å². The van der Waals surface area contributed by atoms with Crippen molar-refractivity contribution in [2.75, 3.05) is 6.54 Å². The number of nitrogens with zero attached hydrogens (tertiary/aromatic N) is 3. The molecule has 3 heterocycles. The Balaban J connectivity index is 1.76. The summed E-state index contributed by atoms with van der Waals surface area (Å²) in [5.41, 5.74) is 0.601. The van der Waals surface area contributed by atoms with E-state index in [1.165, 1.54) is 6.26 Å². The maximum absolute atomic E-state index is 12.6. The van der Waals surface area contributed by atoms with Gasteiger partial charge in [0.05, 0.1) is 18.2 Å². The third-order valence-corrected chi connectivity index (χ3v) is 4.08. The number of rotatable bonds is 3. The van der Waals surface area contributed by atoms with E-state index in [-0.39, 0.29) is 11.9 Å². The summed E-state index contributed by atoms with van der Waals surface area (Å²) in [6.45, 7) is 1.55. The van der Waals surface area contributed by atoms with Crippen LogP contribution in [0, 0.1) is 0 Å². The van der Waals surface area contributed by atoms with Gasteiger partial charge in [0.1, 0.15) is 6.26 Å². The van der Waals surface area contributed by atoms with Crippen LogP contribution >= 0.6 is 15.9 Å². The van der Waals surface area contributed by atoms with Crippen molar-refractivity contribution < 1.29 is 9.21 Å². The van der Waals surface area contributed by atoms with Crippen LogP contribution in [0.2, 0.25) is 0 Å². The topological polar surface area (TPSA) is 51.3 Å². The van der Waals surface area contributed by atoms with Crippen LogP contribution in [0.4, 0.5) is 0 Å². The molecule has 0 saturated carbocycles. The molecule has 1 saturated heterocycles. The fraction of sp³-hybridized carbons (Fsp3) is 0.429. The number of carbonyl (C=O) groups excluding carboxylic acids is 1. The summed E-state index contributed by atoms with van der Waals surface area (Å²) in [5, 5.41) is 4.23. The van der Waals surface area contributed by atoms with Gasteiger partial charge in [-0.2, -0.15) is 5.10 Å². The van der Waals surface area contributed by atoms with Crippen LogP contribution in [-0.4, -0.2) is 33.2 Å². The molecule has 1 aliphatic rings. The monoisotopic (exact) mass is 337 g/mol. The first-order valence-corrected chi connectivity index (χ1v) is 7.56. The predicted molar refractivity (Wildman–Crippen MR) is 77.3 cm³/mol. The van der Waals surface area contributed by atoms with Crippen LogP contribution in [0.15, 0.2) is 39.9 Å². The van der Waals surface area contributed by atoms with Crippen molar-refractivity contribution in [1.29, 1.82) is 0 Å². The molecule has 0 spiro atoms. The molecule has 5 nitrogen and oxygen atoms in total. The molecule has 2 aromatic rings. The second-order valence-corrected chi connectivity index (χ2v) is 5.80. The number of likely N-dealkylation sites (tertiary alicyclic amines) is 1. The highest BCUT2D eigenvalue weighted by molar-refractivity contribution is 9.10. The van der Waals surface area contributed by atoms with Crippen molar-refractivity contribution in [2.45, 2.75) is 31.8 Å². The van der Waals surface area contributed by atoms with E-state index in [9.17, 15) is 4.79 Å². The molecule has 0 N–H and O–H groups in total. The second kappa shape index (κ2) is 5.83. The van der Waals surface area contributed by atoms with Gasteiger partial charge in [-0.05, 0) is 41.3 Å². The van der Waals surface area contributed by atoms with E-state index in [1.54, 1.807) is 12.3 Å². The summed E-state index contributed by atoms with van der Waals surface area (Å²) in [4.78, 5) is 14.5. The van der Waals surface area contributed by atoms with Gasteiger partial charge in [-0.15, -0.1) is 0 Å². The molecule has 1 atom stereocenters. The second-order valence-electron chi connectivity index (χ2n) is 5.02. The molecule has 1 amide bonds. The molecule has 106 valence electrons. The Labute approximate surface area is 125 Å². The lowest BCUT2D eigenvalue weighted by Gasteiger charge is -2.35. The molecule has 3 rings (SSSR count). The minimum Gasteiger partial charge on any atom is -0.457 e. The summed E-state index contributed by atoms with van der Waals surface area (Å²) < 4.78 is 7.64. The lowest BCUT2D eigenvalue weighted by molar-refractivity contribution is 0.0583. The average Bonchev–Trinajstić information content (AvgIpc) is 3.10. The van der Waals surface area contributed by atoms with Crippen LogP contribution in [0.1, 0.15) is 29.6 Å². The van der Waals surface area contributed by atoms with Crippen molar-refractivity contribution in [3.8, 4) is 0 Å². The summed E-state index contributed by atoms with van der Waals surface area (Å²) in [6.07, 6.45) is 8.44. The first kappa shape index (κ1) is 13.4. The van der Waals surface area contributed by atoms with Crippen LogP contribution in [-0.2, 0) is 6.54 Å². The first-order chi connectivity index (χ1) is 9.74. The summed E-state index contributed by atoms with van der Waals surface area (Å²) >= 11 is 3.24. The summed E-state index contributed by atoms with van der Waals surface area (Å²) in [6, 6.07) is 3.83. The Bertz CT molecular complexity index is 579. The highest BCUT2D eigenvalue weighted by Crippen LogP contribution is 2.23. The van der Waals surface area contributed by atoms with Crippen LogP contribution < -0.4 is 0 Å². The van der Waals surface area contributed by atoms with Crippen LogP contribution in [0.3, 0.4) is 0 Å². The van der Waals surface area contributed by atoms with Gasteiger partial charge >= 0.3 is 0 Å². The molecule has 20 heavy (non-hydrogen) atoms. The molecule has 0 bridgehead atoms. The molecule has 0 unspecified atom stereocenters. The molecular weight excluding hydrogens is 322 g/mol. The molecule has 2 aromatic heterocycles. The van der Waals surface area contributed by atoms with Crippen LogP contribution in [0.25, 0.3) is 0 Å². The minimum absolute atomic E-state index is 0.0382. The van der Waals surface area contributed by atoms with Gasteiger partial charge in [-0.25, -0.2) is 0 Å². The number of furan rings is 1. The molecule has 0 aliphatic carbocycles. The van der Waals surface area contributed by atoms with Crippen molar-refractivity contribution in [3.63, 3.8) is 0 Å². The van der Waals surface area contributed by atoms with E-state index in [0.29, 0.717) is 10.2 Å². The zero-order chi connectivity index (χ0) is 13.9. The molecule has 0 aromatic carbocycles. The van der Waals surface area contributed by atoms with Gasteiger partial charge in [0.15, 0.2) is 4.67 Å². The zero-order valence-electron chi connectivity index (χ0n) is 11.0. The maximum atomic E-state index is 12.6. The van der Waals surface area contributed by atoms with E-state index in [1.807, 2.05) is 21.8 Å². The standard InChI is InChI=1S/C14H16BrN3O2/c15-13-8-11(10-20-13)14(19)18-7-2-1-4-12(18)9-17-6-3-5-16-17/h3,5-6,8,10,12H,1-2,4,7,9H2/t12-/m0/s1. The van der Waals surface area contributed by atoms with E-state index >= 15 is 0 Å². The van der Waals surface area contributed by atoms with Gasteiger partial charge in [-0.1, -0.05) is 0 Å². The molecule has 0 radical (unpaired) electrons. The lowest BCUT2D eigenvalue weighted by atomic mass is 10.0. The van der Waals surface area contributed by atoms with Gasteiger partial charge in [-0.3, -0.25) is 9.48 Å².